The Kier molecular flexibility index (Phi) is 3.63. The summed E-state index contributed by atoms with van der Waals surface area (Å²) in [6.45, 7) is 0. The first kappa shape index (κ1) is 14.3. The van der Waals surface area contributed by atoms with Crippen molar-refractivity contribution < 1.29 is 14.3 Å². The molecule has 1 unspecified atom stereocenters. The Morgan fingerprint density at radius 3 is 2.55 bits per heavy atom. The lowest BCUT2D eigenvalue weighted by Gasteiger charge is -2.36. The van der Waals surface area contributed by atoms with Crippen molar-refractivity contribution in [2.45, 2.75) is 6.17 Å². The van der Waals surface area contributed by atoms with E-state index in [1.165, 1.54) is 0 Å². The number of hydrogen-bond acceptors (Lipinski definition) is 4. The van der Waals surface area contributed by atoms with Crippen LogP contribution in [-0.2, 0) is 0 Å². The van der Waals surface area contributed by atoms with Crippen molar-refractivity contribution in [1.82, 2.24) is 4.90 Å². The van der Waals surface area contributed by atoms with Gasteiger partial charge in [-0.15, -0.1) is 0 Å². The zero-order chi connectivity index (χ0) is 15.7. The lowest BCUT2D eigenvalue weighted by Crippen LogP contribution is -2.40. The number of nitrogens with one attached hydrogen (secondary N) is 1. The van der Waals surface area contributed by atoms with Crippen LogP contribution in [0.2, 0.25) is 0 Å². The van der Waals surface area contributed by atoms with Crippen LogP contribution in [0.4, 0.5) is 5.69 Å². The number of anilines is 1. The third-order valence-corrected chi connectivity index (χ3v) is 3.89. The lowest BCUT2D eigenvalue weighted by molar-refractivity contribution is 0.0733. The molecule has 0 saturated carbocycles. The molecular formula is C17H18N2O3. The summed E-state index contributed by atoms with van der Waals surface area (Å²) in [6.07, 6.45) is -0.313. The topological polar surface area (TPSA) is 50.8 Å². The molecule has 5 heteroatoms. The molecule has 1 N–H and O–H groups in total. The number of rotatable bonds is 3. The van der Waals surface area contributed by atoms with E-state index in [-0.39, 0.29) is 12.1 Å². The number of carbonyl (C=O) groups excluding carboxylic acids is 1. The van der Waals surface area contributed by atoms with Crippen molar-refractivity contribution in [3.63, 3.8) is 0 Å². The average Bonchev–Trinajstić information content (AvgIpc) is 2.57. The fraction of sp³-hybridized carbons (Fsp3) is 0.235. The van der Waals surface area contributed by atoms with Gasteiger partial charge < -0.3 is 19.7 Å². The molecular weight excluding hydrogens is 280 g/mol. The fourth-order valence-corrected chi connectivity index (χ4v) is 2.76. The number of para-hydroxylation sites is 2. The Morgan fingerprint density at radius 2 is 1.82 bits per heavy atom. The Balaban J connectivity index is 2.09. The number of fused-ring (bicyclic) bond motifs is 1. The van der Waals surface area contributed by atoms with Gasteiger partial charge in [-0.1, -0.05) is 24.3 Å². The Morgan fingerprint density at radius 1 is 1.05 bits per heavy atom. The van der Waals surface area contributed by atoms with E-state index < -0.39 is 0 Å². The predicted octanol–water partition coefficient (Wildman–Crippen LogP) is 2.90. The van der Waals surface area contributed by atoms with Crippen molar-refractivity contribution >= 4 is 11.6 Å². The average molecular weight is 298 g/mol. The van der Waals surface area contributed by atoms with Gasteiger partial charge in [-0.05, 0) is 18.2 Å². The molecule has 2 aromatic carbocycles. The van der Waals surface area contributed by atoms with Crippen LogP contribution >= 0.6 is 0 Å². The highest BCUT2D eigenvalue weighted by Crippen LogP contribution is 2.39. The van der Waals surface area contributed by atoms with Gasteiger partial charge in [0.15, 0.2) is 11.5 Å². The van der Waals surface area contributed by atoms with Crippen LogP contribution < -0.4 is 14.8 Å². The molecule has 5 nitrogen and oxygen atoms in total. The summed E-state index contributed by atoms with van der Waals surface area (Å²) < 4.78 is 10.8. The molecule has 114 valence electrons. The molecule has 0 radical (unpaired) electrons. The minimum absolute atomic E-state index is 0.0239. The monoisotopic (exact) mass is 298 g/mol. The molecule has 22 heavy (non-hydrogen) atoms. The second kappa shape index (κ2) is 5.60. The number of ether oxygens (including phenoxy) is 2. The maximum Gasteiger partial charge on any atom is 0.257 e. The van der Waals surface area contributed by atoms with E-state index in [9.17, 15) is 4.79 Å². The normalized spacial score (nSPS) is 16.8. The maximum absolute atomic E-state index is 12.6. The van der Waals surface area contributed by atoms with Crippen LogP contribution in [0.15, 0.2) is 42.5 Å². The Hall–Kier alpha value is -2.69. The second-order valence-corrected chi connectivity index (χ2v) is 5.09. The van der Waals surface area contributed by atoms with Crippen molar-refractivity contribution in [3.8, 4) is 11.5 Å². The van der Waals surface area contributed by atoms with Gasteiger partial charge in [0.05, 0.1) is 19.8 Å². The number of methoxy groups -OCH3 is 2. The van der Waals surface area contributed by atoms with Crippen LogP contribution in [0.5, 0.6) is 11.5 Å². The van der Waals surface area contributed by atoms with E-state index in [2.05, 4.69) is 5.32 Å². The number of hydrogen-bond donors (Lipinski definition) is 1. The van der Waals surface area contributed by atoms with Gasteiger partial charge in [-0.25, -0.2) is 0 Å². The van der Waals surface area contributed by atoms with Crippen LogP contribution in [0.1, 0.15) is 22.1 Å². The predicted molar refractivity (Wildman–Crippen MR) is 84.4 cm³/mol. The summed E-state index contributed by atoms with van der Waals surface area (Å²) in [5, 5.41) is 3.39. The molecule has 0 aliphatic carbocycles. The Bertz CT molecular complexity index is 715. The third-order valence-electron chi connectivity index (χ3n) is 3.89. The van der Waals surface area contributed by atoms with Crippen LogP contribution in [0.25, 0.3) is 0 Å². The first-order chi connectivity index (χ1) is 10.7. The third kappa shape index (κ3) is 2.15. The van der Waals surface area contributed by atoms with E-state index >= 15 is 0 Å². The summed E-state index contributed by atoms with van der Waals surface area (Å²) in [7, 11) is 4.97. The second-order valence-electron chi connectivity index (χ2n) is 5.09. The zero-order valence-corrected chi connectivity index (χ0v) is 12.8. The minimum Gasteiger partial charge on any atom is -0.493 e. The molecule has 0 bridgehead atoms. The van der Waals surface area contributed by atoms with E-state index in [1.807, 2.05) is 42.5 Å². The maximum atomic E-state index is 12.6. The van der Waals surface area contributed by atoms with Crippen molar-refractivity contribution in [2.75, 3.05) is 26.6 Å². The molecule has 0 saturated heterocycles. The van der Waals surface area contributed by atoms with E-state index in [0.717, 1.165) is 11.3 Å². The highest BCUT2D eigenvalue weighted by Gasteiger charge is 2.32. The van der Waals surface area contributed by atoms with Gasteiger partial charge in [-0.3, -0.25) is 4.79 Å². The molecule has 1 aliphatic rings. The highest BCUT2D eigenvalue weighted by atomic mass is 16.5. The quantitative estimate of drug-likeness (QED) is 0.946. The minimum atomic E-state index is -0.313. The van der Waals surface area contributed by atoms with Gasteiger partial charge in [-0.2, -0.15) is 0 Å². The van der Waals surface area contributed by atoms with Crippen molar-refractivity contribution in [2.24, 2.45) is 0 Å². The largest absolute Gasteiger partial charge is 0.493 e. The standard InChI is InChI=1S/C17H18N2O3/c1-19-16(12-8-6-10-14(21-2)15(12)22-3)18-13-9-5-4-7-11(13)17(19)20/h4-10,16,18H,1-3H3. The molecule has 1 atom stereocenters. The molecule has 3 rings (SSSR count). The molecule has 0 aromatic heterocycles. The van der Waals surface area contributed by atoms with Gasteiger partial charge >= 0.3 is 0 Å². The number of nitrogens with zero attached hydrogens (tertiary/aromatic N) is 1. The van der Waals surface area contributed by atoms with E-state index in [1.54, 1.807) is 26.2 Å². The van der Waals surface area contributed by atoms with Gasteiger partial charge in [0.25, 0.3) is 5.91 Å². The molecule has 0 spiro atoms. The number of amides is 1. The smallest absolute Gasteiger partial charge is 0.257 e. The summed E-state index contributed by atoms with van der Waals surface area (Å²) in [5.74, 6) is 1.24. The van der Waals surface area contributed by atoms with E-state index in [0.29, 0.717) is 17.1 Å². The molecule has 2 aromatic rings. The zero-order valence-electron chi connectivity index (χ0n) is 12.8. The van der Waals surface area contributed by atoms with Crippen LogP contribution in [0.3, 0.4) is 0 Å². The van der Waals surface area contributed by atoms with Gasteiger partial charge in [0, 0.05) is 18.3 Å². The van der Waals surface area contributed by atoms with Crippen LogP contribution in [-0.4, -0.2) is 32.1 Å². The molecule has 1 heterocycles. The number of carbonyl (C=O) groups is 1. The number of benzene rings is 2. The molecule has 1 amide bonds. The first-order valence-electron chi connectivity index (χ1n) is 7.01. The summed E-state index contributed by atoms with van der Waals surface area (Å²) in [4.78, 5) is 14.2. The summed E-state index contributed by atoms with van der Waals surface area (Å²) in [5.41, 5.74) is 2.34. The van der Waals surface area contributed by atoms with Crippen molar-refractivity contribution in [3.05, 3.63) is 53.6 Å². The fourth-order valence-electron chi connectivity index (χ4n) is 2.76. The summed E-state index contributed by atoms with van der Waals surface area (Å²) >= 11 is 0. The van der Waals surface area contributed by atoms with Gasteiger partial charge in [0.1, 0.15) is 6.17 Å². The van der Waals surface area contributed by atoms with E-state index in [4.69, 9.17) is 9.47 Å². The van der Waals surface area contributed by atoms with Gasteiger partial charge in [0.2, 0.25) is 0 Å². The summed E-state index contributed by atoms with van der Waals surface area (Å²) in [6, 6.07) is 13.1. The van der Waals surface area contributed by atoms with Crippen LogP contribution in [0, 0.1) is 0 Å². The Labute approximate surface area is 129 Å². The molecule has 1 aliphatic heterocycles. The first-order valence-corrected chi connectivity index (χ1v) is 7.01. The highest BCUT2D eigenvalue weighted by molar-refractivity contribution is 6.01. The lowest BCUT2D eigenvalue weighted by atomic mass is 10.0. The SMILES string of the molecule is COc1cccc(C2Nc3ccccc3C(=O)N2C)c1OC. The molecule has 0 fully saturated rings. The van der Waals surface area contributed by atoms with Crippen molar-refractivity contribution in [1.29, 1.82) is 0 Å².